The van der Waals surface area contributed by atoms with Gasteiger partial charge in [-0.1, -0.05) is 12.1 Å². The maximum absolute atomic E-state index is 13.0. The first-order chi connectivity index (χ1) is 16.0. The Morgan fingerprint density at radius 1 is 0.879 bits per heavy atom. The molecule has 3 aromatic rings. The van der Waals surface area contributed by atoms with Crippen LogP contribution < -0.4 is 9.80 Å². The number of fused-ring (bicyclic) bond motifs is 1. The highest BCUT2D eigenvalue weighted by atomic mass is 16.3. The molecule has 33 heavy (non-hydrogen) atoms. The molecule has 1 aliphatic rings. The molecule has 0 spiro atoms. The van der Waals surface area contributed by atoms with Gasteiger partial charge in [-0.15, -0.1) is 0 Å². The molecule has 168 valence electrons. The van der Waals surface area contributed by atoms with Crippen LogP contribution in [-0.4, -0.2) is 30.7 Å². The number of carbonyl (C=O) groups is 2. The van der Waals surface area contributed by atoms with E-state index in [0.717, 1.165) is 11.4 Å². The lowest BCUT2D eigenvalue weighted by Gasteiger charge is -2.21. The fourth-order valence-electron chi connectivity index (χ4n) is 3.97. The van der Waals surface area contributed by atoms with Crippen LogP contribution in [0.3, 0.4) is 0 Å². The number of hydrogen-bond donors (Lipinski definition) is 0. The standard InChI is InChI=1S/C25H24N4O4/c1-27-21-9-3-4-10-22(21)28(2)25(27)20(15-26)23(30)11-12-24(31)29(16-18-7-5-13-32-18)17-19-8-6-14-33-19/h3-10,13-14H,11-12,16-17H2,1-2H3. The number of hydrogen-bond acceptors (Lipinski definition) is 7. The molecule has 0 unspecified atom stereocenters. The van der Waals surface area contributed by atoms with Gasteiger partial charge in [-0.05, 0) is 36.4 Å². The van der Waals surface area contributed by atoms with Crippen molar-refractivity contribution >= 4 is 23.1 Å². The quantitative estimate of drug-likeness (QED) is 0.382. The number of anilines is 2. The van der Waals surface area contributed by atoms with Crippen LogP contribution in [-0.2, 0) is 22.7 Å². The molecule has 0 bridgehead atoms. The fraction of sp³-hybridized carbons (Fsp3) is 0.240. The smallest absolute Gasteiger partial charge is 0.223 e. The molecule has 2 aromatic heterocycles. The average molecular weight is 444 g/mol. The molecule has 4 rings (SSSR count). The van der Waals surface area contributed by atoms with E-state index in [1.165, 1.54) is 0 Å². The molecule has 1 amide bonds. The molecule has 0 fully saturated rings. The van der Waals surface area contributed by atoms with Crippen molar-refractivity contribution in [2.45, 2.75) is 25.9 Å². The third-order valence-electron chi connectivity index (χ3n) is 5.63. The second-order valence-electron chi connectivity index (χ2n) is 7.75. The van der Waals surface area contributed by atoms with E-state index in [4.69, 9.17) is 8.83 Å². The molecule has 8 nitrogen and oxygen atoms in total. The first-order valence-corrected chi connectivity index (χ1v) is 10.6. The number of benzene rings is 1. The van der Waals surface area contributed by atoms with Gasteiger partial charge in [0.1, 0.15) is 29.0 Å². The Hall–Kier alpha value is -4.25. The van der Waals surface area contributed by atoms with E-state index < -0.39 is 0 Å². The van der Waals surface area contributed by atoms with Crippen molar-refractivity contribution in [3.05, 3.63) is 84.0 Å². The number of Topliss-reactive ketones (excluding diaryl/α,β-unsaturated/α-hetero) is 1. The van der Waals surface area contributed by atoms with E-state index >= 15 is 0 Å². The van der Waals surface area contributed by atoms with Crippen molar-refractivity contribution in [2.24, 2.45) is 0 Å². The Kier molecular flexibility index (Phi) is 6.31. The summed E-state index contributed by atoms with van der Waals surface area (Å²) in [6, 6.07) is 16.8. The van der Waals surface area contributed by atoms with E-state index in [2.05, 4.69) is 6.07 Å². The van der Waals surface area contributed by atoms with E-state index in [1.807, 2.05) is 48.2 Å². The van der Waals surface area contributed by atoms with E-state index in [9.17, 15) is 14.9 Å². The normalized spacial score (nSPS) is 12.5. The van der Waals surface area contributed by atoms with Crippen LogP contribution >= 0.6 is 0 Å². The molecule has 0 saturated carbocycles. The van der Waals surface area contributed by atoms with Gasteiger partial charge < -0.3 is 23.5 Å². The largest absolute Gasteiger partial charge is 0.467 e. The third kappa shape index (κ3) is 4.53. The molecule has 0 saturated heterocycles. The van der Waals surface area contributed by atoms with Gasteiger partial charge in [0, 0.05) is 26.9 Å². The van der Waals surface area contributed by atoms with Gasteiger partial charge >= 0.3 is 0 Å². The van der Waals surface area contributed by atoms with Crippen molar-refractivity contribution in [2.75, 3.05) is 23.9 Å². The lowest BCUT2D eigenvalue weighted by atomic mass is 10.1. The SMILES string of the molecule is CN1C(=C(C#N)C(=O)CCC(=O)N(Cc2ccco2)Cc2ccco2)N(C)c2ccccc21. The molecule has 0 aliphatic carbocycles. The van der Waals surface area contributed by atoms with Crippen molar-refractivity contribution in [1.82, 2.24) is 4.90 Å². The van der Waals surface area contributed by atoms with E-state index in [1.54, 1.807) is 41.7 Å². The number of nitrogens with zero attached hydrogens (tertiary/aromatic N) is 4. The Morgan fingerprint density at radius 3 is 1.88 bits per heavy atom. The molecule has 1 aromatic carbocycles. The number of rotatable bonds is 8. The van der Waals surface area contributed by atoms with E-state index in [0.29, 0.717) is 17.3 Å². The minimum absolute atomic E-state index is 0.0287. The predicted molar refractivity (Wildman–Crippen MR) is 122 cm³/mol. The number of furan rings is 2. The van der Waals surface area contributed by atoms with Crippen LogP contribution in [0.25, 0.3) is 0 Å². The number of allylic oxidation sites excluding steroid dienone is 1. The zero-order valence-corrected chi connectivity index (χ0v) is 18.5. The Bertz CT molecular complexity index is 1140. The molecule has 0 N–H and O–H groups in total. The highest BCUT2D eigenvalue weighted by Crippen LogP contribution is 2.40. The summed E-state index contributed by atoms with van der Waals surface area (Å²) >= 11 is 0. The van der Waals surface area contributed by atoms with Gasteiger partial charge in [0.15, 0.2) is 5.78 Å². The number of nitriles is 1. The van der Waals surface area contributed by atoms with Crippen molar-refractivity contribution in [3.63, 3.8) is 0 Å². The highest BCUT2D eigenvalue weighted by molar-refractivity contribution is 6.03. The minimum Gasteiger partial charge on any atom is -0.467 e. The Balaban J connectivity index is 1.48. The maximum atomic E-state index is 13.0. The van der Waals surface area contributed by atoms with Gasteiger partial charge in [-0.3, -0.25) is 9.59 Å². The third-order valence-corrected chi connectivity index (χ3v) is 5.63. The van der Waals surface area contributed by atoms with Gasteiger partial charge in [-0.25, -0.2) is 0 Å². The molecule has 0 radical (unpaired) electrons. The zero-order valence-electron chi connectivity index (χ0n) is 18.5. The summed E-state index contributed by atoms with van der Waals surface area (Å²) in [6.07, 6.45) is 2.99. The second-order valence-corrected chi connectivity index (χ2v) is 7.75. The first kappa shape index (κ1) is 22.0. The van der Waals surface area contributed by atoms with Crippen LogP contribution in [0.4, 0.5) is 11.4 Å². The molecule has 3 heterocycles. The highest BCUT2D eigenvalue weighted by Gasteiger charge is 2.31. The fourth-order valence-corrected chi connectivity index (χ4v) is 3.97. The molecular weight excluding hydrogens is 420 g/mol. The molecule has 0 atom stereocenters. The van der Waals surface area contributed by atoms with Gasteiger partial charge in [0.25, 0.3) is 0 Å². The maximum Gasteiger partial charge on any atom is 0.223 e. The lowest BCUT2D eigenvalue weighted by Crippen LogP contribution is -2.30. The number of amides is 1. The van der Waals surface area contributed by atoms with Crippen molar-refractivity contribution < 1.29 is 18.4 Å². The summed E-state index contributed by atoms with van der Waals surface area (Å²) in [7, 11) is 3.64. The van der Waals surface area contributed by atoms with Gasteiger partial charge in [0.2, 0.25) is 5.91 Å². The number of carbonyl (C=O) groups excluding carboxylic acids is 2. The molecule has 8 heteroatoms. The summed E-state index contributed by atoms with van der Waals surface area (Å²) < 4.78 is 10.8. The Morgan fingerprint density at radius 2 is 1.42 bits per heavy atom. The van der Waals surface area contributed by atoms with E-state index in [-0.39, 0.29) is 43.2 Å². The van der Waals surface area contributed by atoms with Crippen LogP contribution in [0.5, 0.6) is 0 Å². The van der Waals surface area contributed by atoms with Crippen molar-refractivity contribution in [3.8, 4) is 6.07 Å². The van der Waals surface area contributed by atoms with Crippen LogP contribution in [0.1, 0.15) is 24.4 Å². The monoisotopic (exact) mass is 444 g/mol. The number of ketones is 1. The predicted octanol–water partition coefficient (Wildman–Crippen LogP) is 4.07. The molecule has 1 aliphatic heterocycles. The Labute approximate surface area is 191 Å². The first-order valence-electron chi connectivity index (χ1n) is 10.6. The zero-order chi connectivity index (χ0) is 23.4. The summed E-state index contributed by atoms with van der Waals surface area (Å²) in [6.45, 7) is 0.515. The minimum atomic E-state index is -0.372. The summed E-state index contributed by atoms with van der Waals surface area (Å²) in [5.41, 5.74) is 1.86. The summed E-state index contributed by atoms with van der Waals surface area (Å²) in [4.78, 5) is 31.3. The topological polar surface area (TPSA) is 93.9 Å². The van der Waals surface area contributed by atoms with Crippen LogP contribution in [0.15, 0.2) is 81.3 Å². The molecular formula is C25H24N4O4. The lowest BCUT2D eigenvalue weighted by molar-refractivity contribution is -0.134. The average Bonchev–Trinajstić information content (AvgIpc) is 3.57. The van der Waals surface area contributed by atoms with Crippen LogP contribution in [0.2, 0.25) is 0 Å². The van der Waals surface area contributed by atoms with Crippen molar-refractivity contribution in [1.29, 1.82) is 5.26 Å². The summed E-state index contributed by atoms with van der Waals surface area (Å²) in [5, 5.41) is 9.79. The van der Waals surface area contributed by atoms with Gasteiger partial charge in [-0.2, -0.15) is 5.26 Å². The van der Waals surface area contributed by atoms with Gasteiger partial charge in [0.05, 0.1) is 37.0 Å². The summed E-state index contributed by atoms with van der Waals surface area (Å²) in [5.74, 6) is 1.18. The van der Waals surface area contributed by atoms with Crippen LogP contribution in [0, 0.1) is 11.3 Å². The number of para-hydroxylation sites is 2. The second kappa shape index (κ2) is 9.49.